The highest BCUT2D eigenvalue weighted by Gasteiger charge is 2.45. The standard InChI is InChI=1S/C10H10FNO2/c11-9-4-2-1-3-6(9)7-5-8(7)10(13)12-14/h1-4,7-8,14H,5H2,(H,12,13). The van der Waals surface area contributed by atoms with Crippen molar-refractivity contribution >= 4 is 5.91 Å². The molecule has 1 aromatic carbocycles. The summed E-state index contributed by atoms with van der Waals surface area (Å²) in [5.74, 6) is -1.08. The Kier molecular flexibility index (Phi) is 2.21. The van der Waals surface area contributed by atoms with Gasteiger partial charge >= 0.3 is 0 Å². The predicted octanol–water partition coefficient (Wildman–Crippen LogP) is 1.43. The molecule has 0 radical (unpaired) electrons. The molecule has 0 aromatic heterocycles. The van der Waals surface area contributed by atoms with Crippen molar-refractivity contribution in [3.05, 3.63) is 35.6 Å². The smallest absolute Gasteiger partial charge is 0.247 e. The van der Waals surface area contributed by atoms with Crippen molar-refractivity contribution < 1.29 is 14.4 Å². The van der Waals surface area contributed by atoms with Crippen molar-refractivity contribution in [1.82, 2.24) is 5.48 Å². The fraction of sp³-hybridized carbons (Fsp3) is 0.300. The molecule has 0 spiro atoms. The van der Waals surface area contributed by atoms with Gasteiger partial charge < -0.3 is 0 Å². The van der Waals surface area contributed by atoms with Crippen molar-refractivity contribution in [2.45, 2.75) is 12.3 Å². The molecule has 2 N–H and O–H groups in total. The van der Waals surface area contributed by atoms with Crippen molar-refractivity contribution in [3.63, 3.8) is 0 Å². The van der Waals surface area contributed by atoms with Gasteiger partial charge in [-0.05, 0) is 24.0 Å². The molecule has 74 valence electrons. The molecule has 0 aliphatic heterocycles. The number of halogens is 1. The normalized spacial score (nSPS) is 24.4. The molecular formula is C10H10FNO2. The lowest BCUT2D eigenvalue weighted by atomic mass is 10.1. The molecule has 1 amide bonds. The number of hydrogen-bond acceptors (Lipinski definition) is 2. The monoisotopic (exact) mass is 195 g/mol. The van der Waals surface area contributed by atoms with Gasteiger partial charge in [0, 0.05) is 5.92 Å². The fourth-order valence-electron chi connectivity index (χ4n) is 1.69. The highest BCUT2D eigenvalue weighted by Crippen LogP contribution is 2.48. The third kappa shape index (κ3) is 1.48. The summed E-state index contributed by atoms with van der Waals surface area (Å²) in [4.78, 5) is 11.0. The Morgan fingerprint density at radius 3 is 2.86 bits per heavy atom. The maximum Gasteiger partial charge on any atom is 0.247 e. The second-order valence-electron chi connectivity index (χ2n) is 3.45. The minimum Gasteiger partial charge on any atom is -0.289 e. The molecule has 1 fully saturated rings. The van der Waals surface area contributed by atoms with Crippen LogP contribution in [0.15, 0.2) is 24.3 Å². The molecule has 0 bridgehead atoms. The largest absolute Gasteiger partial charge is 0.289 e. The molecule has 1 aromatic rings. The molecule has 4 heteroatoms. The van der Waals surface area contributed by atoms with Crippen molar-refractivity contribution in [2.24, 2.45) is 5.92 Å². The van der Waals surface area contributed by atoms with Gasteiger partial charge in [0.15, 0.2) is 0 Å². The first-order valence-electron chi connectivity index (χ1n) is 4.42. The minimum atomic E-state index is -0.432. The summed E-state index contributed by atoms with van der Waals surface area (Å²) in [5, 5.41) is 8.39. The quantitative estimate of drug-likeness (QED) is 0.554. The average Bonchev–Trinajstić information content (AvgIpc) is 2.97. The summed E-state index contributed by atoms with van der Waals surface area (Å²) in [6.07, 6.45) is 0.604. The summed E-state index contributed by atoms with van der Waals surface area (Å²) >= 11 is 0. The van der Waals surface area contributed by atoms with E-state index in [9.17, 15) is 9.18 Å². The maximum atomic E-state index is 13.2. The molecule has 3 nitrogen and oxygen atoms in total. The third-order valence-corrected chi connectivity index (χ3v) is 2.54. The second kappa shape index (κ2) is 3.38. The van der Waals surface area contributed by atoms with Gasteiger partial charge in [0.25, 0.3) is 0 Å². The van der Waals surface area contributed by atoms with Crippen LogP contribution in [0.25, 0.3) is 0 Å². The number of carbonyl (C=O) groups excluding carboxylic acids is 1. The Hall–Kier alpha value is -1.42. The lowest BCUT2D eigenvalue weighted by Crippen LogP contribution is -2.21. The number of hydrogen-bond donors (Lipinski definition) is 2. The van der Waals surface area contributed by atoms with Crippen molar-refractivity contribution in [3.8, 4) is 0 Å². The first-order valence-corrected chi connectivity index (χ1v) is 4.42. The maximum absolute atomic E-state index is 13.2. The molecule has 0 heterocycles. The molecule has 2 rings (SSSR count). The molecular weight excluding hydrogens is 185 g/mol. The number of rotatable bonds is 2. The Morgan fingerprint density at radius 2 is 2.21 bits per heavy atom. The number of carbonyl (C=O) groups is 1. The van der Waals surface area contributed by atoms with E-state index < -0.39 is 5.91 Å². The third-order valence-electron chi connectivity index (χ3n) is 2.54. The average molecular weight is 195 g/mol. The van der Waals surface area contributed by atoms with Crippen LogP contribution in [0.1, 0.15) is 17.9 Å². The Bertz CT molecular complexity index is 367. The van der Waals surface area contributed by atoms with E-state index in [1.807, 2.05) is 0 Å². The van der Waals surface area contributed by atoms with Crippen LogP contribution in [0.5, 0.6) is 0 Å². The van der Waals surface area contributed by atoms with Gasteiger partial charge in [0.1, 0.15) is 5.82 Å². The summed E-state index contributed by atoms with van der Waals surface area (Å²) in [6, 6.07) is 6.40. The number of hydroxylamine groups is 1. The van der Waals surface area contributed by atoms with Gasteiger partial charge in [-0.3, -0.25) is 10.0 Å². The topological polar surface area (TPSA) is 49.3 Å². The Morgan fingerprint density at radius 1 is 1.50 bits per heavy atom. The van der Waals surface area contributed by atoms with Crippen LogP contribution in [0.2, 0.25) is 0 Å². The van der Waals surface area contributed by atoms with Crippen molar-refractivity contribution in [2.75, 3.05) is 0 Å². The van der Waals surface area contributed by atoms with Crippen LogP contribution in [0, 0.1) is 11.7 Å². The van der Waals surface area contributed by atoms with Crippen LogP contribution < -0.4 is 5.48 Å². The minimum absolute atomic E-state index is 0.0802. The van der Waals surface area contributed by atoms with Gasteiger partial charge in [0.2, 0.25) is 5.91 Å². The zero-order valence-electron chi connectivity index (χ0n) is 7.40. The van der Waals surface area contributed by atoms with E-state index in [-0.39, 0.29) is 17.7 Å². The summed E-state index contributed by atoms with van der Waals surface area (Å²) in [7, 11) is 0. The van der Waals surface area contributed by atoms with Gasteiger partial charge in [-0.25, -0.2) is 9.87 Å². The zero-order valence-corrected chi connectivity index (χ0v) is 7.40. The molecule has 1 aliphatic rings. The highest BCUT2D eigenvalue weighted by molar-refractivity contribution is 5.81. The second-order valence-corrected chi connectivity index (χ2v) is 3.45. The molecule has 2 unspecified atom stereocenters. The predicted molar refractivity (Wildman–Crippen MR) is 47.2 cm³/mol. The first kappa shape index (κ1) is 9.15. The summed E-state index contributed by atoms with van der Waals surface area (Å²) in [6.45, 7) is 0. The number of benzene rings is 1. The van der Waals surface area contributed by atoms with Crippen molar-refractivity contribution in [1.29, 1.82) is 0 Å². The highest BCUT2D eigenvalue weighted by atomic mass is 19.1. The molecule has 1 aliphatic carbocycles. The van der Waals surface area contributed by atoms with E-state index >= 15 is 0 Å². The molecule has 14 heavy (non-hydrogen) atoms. The van der Waals surface area contributed by atoms with Gasteiger partial charge in [-0.15, -0.1) is 0 Å². The Labute approximate surface area is 80.5 Å². The van der Waals surface area contributed by atoms with Crippen LogP contribution in [0.4, 0.5) is 4.39 Å². The zero-order chi connectivity index (χ0) is 10.1. The van der Waals surface area contributed by atoms with E-state index in [2.05, 4.69) is 0 Å². The SMILES string of the molecule is O=C(NO)C1CC1c1ccccc1F. The molecule has 2 atom stereocenters. The van der Waals surface area contributed by atoms with Gasteiger partial charge in [0.05, 0.1) is 0 Å². The van der Waals surface area contributed by atoms with Crippen LogP contribution >= 0.6 is 0 Å². The summed E-state index contributed by atoms with van der Waals surface area (Å²) in [5.41, 5.74) is 2.14. The lowest BCUT2D eigenvalue weighted by molar-refractivity contribution is -0.130. The fourth-order valence-corrected chi connectivity index (χ4v) is 1.69. The van der Waals surface area contributed by atoms with Gasteiger partial charge in [-0.2, -0.15) is 0 Å². The van der Waals surface area contributed by atoms with E-state index in [0.29, 0.717) is 12.0 Å². The van der Waals surface area contributed by atoms with Crippen LogP contribution in [-0.4, -0.2) is 11.1 Å². The molecule has 1 saturated carbocycles. The number of nitrogens with one attached hydrogen (secondary N) is 1. The van der Waals surface area contributed by atoms with E-state index in [1.165, 1.54) is 6.07 Å². The van der Waals surface area contributed by atoms with Crippen LogP contribution in [-0.2, 0) is 4.79 Å². The van der Waals surface area contributed by atoms with E-state index in [1.54, 1.807) is 23.7 Å². The van der Waals surface area contributed by atoms with E-state index in [4.69, 9.17) is 5.21 Å². The lowest BCUT2D eigenvalue weighted by Gasteiger charge is -2.00. The number of amides is 1. The first-order chi connectivity index (χ1) is 6.74. The van der Waals surface area contributed by atoms with E-state index in [0.717, 1.165) is 0 Å². The van der Waals surface area contributed by atoms with Crippen LogP contribution in [0.3, 0.4) is 0 Å². The summed E-state index contributed by atoms with van der Waals surface area (Å²) < 4.78 is 13.2. The van der Waals surface area contributed by atoms with Gasteiger partial charge in [-0.1, -0.05) is 18.2 Å². The Balaban J connectivity index is 2.13. The molecule has 0 saturated heterocycles.